The Morgan fingerprint density at radius 1 is 1.20 bits per heavy atom. The van der Waals surface area contributed by atoms with E-state index in [0.29, 0.717) is 18.9 Å². The molecule has 0 bridgehead atoms. The largest absolute Gasteiger partial charge is 0.497 e. The Balaban J connectivity index is 1.88. The maximum Gasteiger partial charge on any atom is 0.222 e. The van der Waals surface area contributed by atoms with Crippen molar-refractivity contribution in [1.82, 2.24) is 20.4 Å². The first-order valence-corrected chi connectivity index (χ1v) is 11.2. The third-order valence-electron chi connectivity index (χ3n) is 5.46. The molecule has 2 rings (SSSR count). The average molecular weight is 418 g/mol. The van der Waals surface area contributed by atoms with Gasteiger partial charge in [0.05, 0.1) is 19.7 Å². The van der Waals surface area contributed by atoms with Crippen molar-refractivity contribution in [2.75, 3.05) is 53.9 Å². The van der Waals surface area contributed by atoms with Crippen molar-refractivity contribution in [2.24, 2.45) is 4.99 Å². The van der Waals surface area contributed by atoms with Gasteiger partial charge in [0.1, 0.15) is 5.75 Å². The van der Waals surface area contributed by atoms with Crippen molar-refractivity contribution >= 4 is 11.9 Å². The van der Waals surface area contributed by atoms with E-state index in [4.69, 9.17) is 9.73 Å². The van der Waals surface area contributed by atoms with Crippen LogP contribution in [0.25, 0.3) is 0 Å². The molecule has 0 spiro atoms. The summed E-state index contributed by atoms with van der Waals surface area (Å²) in [5, 5.41) is 6.74. The van der Waals surface area contributed by atoms with Gasteiger partial charge in [-0.1, -0.05) is 18.6 Å². The topological polar surface area (TPSA) is 69.2 Å². The van der Waals surface area contributed by atoms with E-state index >= 15 is 0 Å². The van der Waals surface area contributed by atoms with Gasteiger partial charge in [-0.15, -0.1) is 0 Å². The number of aliphatic imine (C=N–C) groups is 1. The Morgan fingerprint density at radius 3 is 2.63 bits per heavy atom. The zero-order valence-electron chi connectivity index (χ0n) is 19.1. The first-order valence-electron chi connectivity index (χ1n) is 11.2. The number of ether oxygens (including phenoxy) is 1. The van der Waals surface area contributed by atoms with Crippen molar-refractivity contribution in [1.29, 1.82) is 0 Å². The van der Waals surface area contributed by atoms with Crippen LogP contribution in [-0.2, 0) is 4.79 Å². The summed E-state index contributed by atoms with van der Waals surface area (Å²) in [6.07, 6.45) is 4.95. The molecular formula is C23H39N5O2. The second-order valence-corrected chi connectivity index (χ2v) is 7.94. The summed E-state index contributed by atoms with van der Waals surface area (Å²) in [7, 11) is 5.83. The summed E-state index contributed by atoms with van der Waals surface area (Å²) in [6, 6.07) is 8.35. The molecule has 1 saturated heterocycles. The summed E-state index contributed by atoms with van der Waals surface area (Å²) in [5.74, 6) is 1.99. The summed E-state index contributed by atoms with van der Waals surface area (Å²) < 4.78 is 5.27. The Morgan fingerprint density at radius 2 is 1.97 bits per heavy atom. The van der Waals surface area contributed by atoms with Crippen LogP contribution in [0.3, 0.4) is 0 Å². The minimum Gasteiger partial charge on any atom is -0.497 e. The Hall–Kier alpha value is -2.28. The molecule has 1 amide bonds. The van der Waals surface area contributed by atoms with Gasteiger partial charge in [-0.3, -0.25) is 9.79 Å². The zero-order chi connectivity index (χ0) is 21.8. The molecule has 0 radical (unpaired) electrons. The van der Waals surface area contributed by atoms with E-state index in [2.05, 4.69) is 48.7 Å². The molecule has 0 saturated carbocycles. The van der Waals surface area contributed by atoms with Gasteiger partial charge in [0, 0.05) is 32.6 Å². The number of guanidine groups is 1. The van der Waals surface area contributed by atoms with E-state index in [-0.39, 0.29) is 6.04 Å². The number of benzene rings is 1. The molecule has 7 heteroatoms. The minimum atomic E-state index is 0.182. The molecule has 0 aliphatic carbocycles. The standard InChI is InChI=1S/C23H39N5O2/c1-5-24-23(25-15-9-17-28-16-8-6-7-10-22(28)29)26-18-21(27(2)3)19-11-13-20(30-4)14-12-19/h11-14,21H,5-10,15-18H2,1-4H3,(H2,24,25,26). The maximum absolute atomic E-state index is 12.1. The van der Waals surface area contributed by atoms with E-state index in [9.17, 15) is 4.79 Å². The third-order valence-corrected chi connectivity index (χ3v) is 5.46. The highest BCUT2D eigenvalue weighted by Crippen LogP contribution is 2.21. The monoisotopic (exact) mass is 417 g/mol. The lowest BCUT2D eigenvalue weighted by molar-refractivity contribution is -0.130. The van der Waals surface area contributed by atoms with E-state index in [1.807, 2.05) is 17.0 Å². The van der Waals surface area contributed by atoms with Gasteiger partial charge in [0.2, 0.25) is 5.91 Å². The molecule has 168 valence electrons. The van der Waals surface area contributed by atoms with Gasteiger partial charge in [-0.05, 0) is 58.0 Å². The molecule has 0 aromatic heterocycles. The molecule has 1 atom stereocenters. The van der Waals surface area contributed by atoms with Gasteiger partial charge in [-0.2, -0.15) is 0 Å². The average Bonchev–Trinajstić information content (AvgIpc) is 2.95. The Kier molecular flexibility index (Phi) is 10.5. The fourth-order valence-corrected chi connectivity index (χ4v) is 3.66. The highest BCUT2D eigenvalue weighted by atomic mass is 16.5. The lowest BCUT2D eigenvalue weighted by atomic mass is 10.1. The number of hydrogen-bond donors (Lipinski definition) is 2. The predicted molar refractivity (Wildman–Crippen MR) is 123 cm³/mol. The summed E-state index contributed by atoms with van der Waals surface area (Å²) in [6.45, 7) is 6.05. The van der Waals surface area contributed by atoms with Crippen molar-refractivity contribution in [3.05, 3.63) is 29.8 Å². The van der Waals surface area contributed by atoms with E-state index in [1.54, 1.807) is 7.11 Å². The number of hydrogen-bond acceptors (Lipinski definition) is 4. The van der Waals surface area contributed by atoms with Gasteiger partial charge in [0.15, 0.2) is 5.96 Å². The third kappa shape index (κ3) is 7.86. The number of rotatable bonds is 10. The Labute approximate surface area is 181 Å². The number of nitrogens with zero attached hydrogens (tertiary/aromatic N) is 3. The van der Waals surface area contributed by atoms with Crippen molar-refractivity contribution in [2.45, 2.75) is 45.1 Å². The van der Waals surface area contributed by atoms with Gasteiger partial charge in [-0.25, -0.2) is 0 Å². The molecular weight excluding hydrogens is 378 g/mol. The fourth-order valence-electron chi connectivity index (χ4n) is 3.66. The maximum atomic E-state index is 12.1. The number of carbonyl (C=O) groups is 1. The summed E-state index contributed by atoms with van der Waals surface area (Å²) in [5.41, 5.74) is 1.21. The lowest BCUT2D eigenvalue weighted by Crippen LogP contribution is -2.40. The molecule has 1 aromatic rings. The van der Waals surface area contributed by atoms with Crippen molar-refractivity contribution in [3.8, 4) is 5.75 Å². The van der Waals surface area contributed by atoms with Crippen molar-refractivity contribution < 1.29 is 9.53 Å². The second kappa shape index (κ2) is 13.1. The molecule has 1 fully saturated rings. The zero-order valence-corrected chi connectivity index (χ0v) is 19.1. The van der Waals surface area contributed by atoms with Crippen molar-refractivity contribution in [3.63, 3.8) is 0 Å². The Bertz CT molecular complexity index is 660. The van der Waals surface area contributed by atoms with Gasteiger partial charge in [0.25, 0.3) is 0 Å². The number of carbonyl (C=O) groups excluding carboxylic acids is 1. The molecule has 2 N–H and O–H groups in total. The van der Waals surface area contributed by atoms with Crippen LogP contribution in [0.4, 0.5) is 0 Å². The molecule has 1 aliphatic heterocycles. The molecule has 1 unspecified atom stereocenters. The molecule has 7 nitrogen and oxygen atoms in total. The number of methoxy groups -OCH3 is 1. The molecule has 1 heterocycles. The molecule has 1 aromatic carbocycles. The van der Waals surface area contributed by atoms with Crippen LogP contribution in [0.15, 0.2) is 29.3 Å². The van der Waals surface area contributed by atoms with Crippen LogP contribution in [0.2, 0.25) is 0 Å². The summed E-state index contributed by atoms with van der Waals surface area (Å²) >= 11 is 0. The fraction of sp³-hybridized carbons (Fsp3) is 0.652. The van der Waals surface area contributed by atoms with Crippen LogP contribution in [0, 0.1) is 0 Å². The molecule has 30 heavy (non-hydrogen) atoms. The molecule has 1 aliphatic rings. The number of nitrogens with one attached hydrogen (secondary N) is 2. The smallest absolute Gasteiger partial charge is 0.222 e. The number of likely N-dealkylation sites (tertiary alicyclic amines) is 1. The SMILES string of the molecule is CCNC(=NCC(c1ccc(OC)cc1)N(C)C)NCCCN1CCCCCC1=O. The first kappa shape index (κ1) is 24.0. The van der Waals surface area contributed by atoms with Crippen LogP contribution in [0.5, 0.6) is 5.75 Å². The van der Waals surface area contributed by atoms with Crippen LogP contribution < -0.4 is 15.4 Å². The highest BCUT2D eigenvalue weighted by molar-refractivity contribution is 5.79. The van der Waals surface area contributed by atoms with Crippen LogP contribution >= 0.6 is 0 Å². The number of amides is 1. The van der Waals surface area contributed by atoms with E-state index in [0.717, 1.165) is 57.2 Å². The second-order valence-electron chi connectivity index (χ2n) is 7.94. The van der Waals surface area contributed by atoms with Gasteiger partial charge < -0.3 is 25.2 Å². The number of likely N-dealkylation sites (N-methyl/N-ethyl adjacent to an activating group) is 1. The quantitative estimate of drug-likeness (QED) is 0.348. The lowest BCUT2D eigenvalue weighted by Gasteiger charge is -2.24. The van der Waals surface area contributed by atoms with E-state index in [1.165, 1.54) is 12.0 Å². The van der Waals surface area contributed by atoms with Gasteiger partial charge >= 0.3 is 0 Å². The van der Waals surface area contributed by atoms with Crippen LogP contribution in [-0.4, -0.2) is 75.6 Å². The predicted octanol–water partition coefficient (Wildman–Crippen LogP) is 2.65. The summed E-state index contributed by atoms with van der Waals surface area (Å²) in [4.78, 5) is 21.1. The highest BCUT2D eigenvalue weighted by Gasteiger charge is 2.16. The first-order chi connectivity index (χ1) is 14.5. The minimum absolute atomic E-state index is 0.182. The normalized spacial score (nSPS) is 16.4. The van der Waals surface area contributed by atoms with Crippen LogP contribution in [0.1, 0.15) is 50.6 Å². The van der Waals surface area contributed by atoms with E-state index < -0.39 is 0 Å².